The van der Waals surface area contributed by atoms with Crippen LogP contribution in [0.4, 0.5) is 0 Å². The maximum absolute atomic E-state index is 10.3. The Kier molecular flexibility index (Phi) is 3.42. The minimum absolute atomic E-state index is 0.478. The molecule has 0 unspecified atom stereocenters. The topological polar surface area (TPSA) is 101 Å². The average Bonchev–Trinajstić information content (AvgIpc) is 1.55. The van der Waals surface area contributed by atoms with Crippen molar-refractivity contribution in [2.24, 2.45) is 0 Å². The van der Waals surface area contributed by atoms with Gasteiger partial charge in [-0.2, -0.15) is 0 Å². The summed E-state index contributed by atoms with van der Waals surface area (Å²) in [5.74, 6) is -0.478. The molecule has 8 heteroatoms. The summed E-state index contributed by atoms with van der Waals surface area (Å²) in [6.45, 7) is -0.620. The summed E-state index contributed by atoms with van der Waals surface area (Å²) >= 11 is 0. The van der Waals surface area contributed by atoms with Crippen LogP contribution in [-0.2, 0) is 24.4 Å². The first-order chi connectivity index (χ1) is 4.71. The fourth-order valence-corrected chi connectivity index (χ4v) is 1.07. The molecule has 0 radical (unpaired) electrons. The molecule has 0 atom stereocenters. The second-order valence-electron chi connectivity index (χ2n) is 1.86. The SMILES string of the molecule is CS(=O)(=O)CCOS(=O)(=O)[O-]. The summed E-state index contributed by atoms with van der Waals surface area (Å²) in [5.41, 5.74) is 0. The van der Waals surface area contributed by atoms with Crippen molar-refractivity contribution in [3.05, 3.63) is 0 Å². The standard InChI is InChI=1S/C3H8O6S2/c1-10(4,5)3-2-9-11(6,7)8/h2-3H2,1H3,(H,6,7,8)/p-1. The monoisotopic (exact) mass is 203 g/mol. The van der Waals surface area contributed by atoms with E-state index < -0.39 is 32.6 Å². The normalized spacial score (nSPS) is 13.3. The number of rotatable bonds is 4. The molecule has 0 amide bonds. The highest BCUT2D eigenvalue weighted by Gasteiger charge is 2.03. The molecule has 0 aromatic rings. The van der Waals surface area contributed by atoms with Gasteiger partial charge in [-0.05, 0) is 0 Å². The van der Waals surface area contributed by atoms with E-state index in [1.807, 2.05) is 0 Å². The quantitative estimate of drug-likeness (QED) is 0.407. The molecule has 0 saturated heterocycles. The summed E-state index contributed by atoms with van der Waals surface area (Å²) in [7, 11) is -8.04. The van der Waals surface area contributed by atoms with Gasteiger partial charge in [0.25, 0.3) is 0 Å². The van der Waals surface area contributed by atoms with Crippen LogP contribution >= 0.6 is 0 Å². The zero-order chi connectivity index (χ0) is 9.12. The van der Waals surface area contributed by atoms with Crippen molar-refractivity contribution in [1.29, 1.82) is 0 Å². The molecular weight excluding hydrogens is 196 g/mol. The van der Waals surface area contributed by atoms with Crippen molar-refractivity contribution in [2.45, 2.75) is 0 Å². The van der Waals surface area contributed by atoms with Crippen molar-refractivity contribution >= 4 is 20.2 Å². The summed E-state index contributed by atoms with van der Waals surface area (Å²) < 4.78 is 53.6. The molecule has 0 saturated carbocycles. The van der Waals surface area contributed by atoms with Gasteiger partial charge in [-0.3, -0.25) is 4.18 Å². The van der Waals surface area contributed by atoms with E-state index in [2.05, 4.69) is 4.18 Å². The van der Waals surface area contributed by atoms with E-state index in [1.165, 1.54) is 0 Å². The Bertz CT molecular complexity index is 265. The summed E-state index contributed by atoms with van der Waals surface area (Å²) in [4.78, 5) is 0. The molecule has 0 bridgehead atoms. The predicted molar refractivity (Wildman–Crippen MR) is 35.4 cm³/mol. The van der Waals surface area contributed by atoms with E-state index >= 15 is 0 Å². The number of sulfone groups is 1. The first-order valence-corrected chi connectivity index (χ1v) is 5.88. The van der Waals surface area contributed by atoms with Crippen molar-refractivity contribution in [3.63, 3.8) is 0 Å². The van der Waals surface area contributed by atoms with Gasteiger partial charge < -0.3 is 4.55 Å². The minimum atomic E-state index is -4.76. The van der Waals surface area contributed by atoms with Crippen LogP contribution in [0.3, 0.4) is 0 Å². The molecule has 0 aliphatic carbocycles. The highest BCUT2D eigenvalue weighted by Crippen LogP contribution is 1.88. The second-order valence-corrected chi connectivity index (χ2v) is 5.17. The molecule has 0 aliphatic rings. The van der Waals surface area contributed by atoms with Gasteiger partial charge in [0, 0.05) is 6.26 Å². The highest BCUT2D eigenvalue weighted by molar-refractivity contribution is 7.90. The van der Waals surface area contributed by atoms with E-state index in [9.17, 15) is 21.4 Å². The summed E-state index contributed by atoms with van der Waals surface area (Å²) in [6, 6.07) is 0. The zero-order valence-corrected chi connectivity index (χ0v) is 7.31. The predicted octanol–water partition coefficient (Wildman–Crippen LogP) is -1.49. The molecule has 0 aromatic heterocycles. The smallest absolute Gasteiger partial charge is 0.217 e. The third-order valence-corrected chi connectivity index (χ3v) is 2.05. The third-order valence-electron chi connectivity index (χ3n) is 0.682. The molecule has 6 nitrogen and oxygen atoms in total. The molecule has 0 spiro atoms. The maximum atomic E-state index is 10.3. The van der Waals surface area contributed by atoms with Gasteiger partial charge in [0.2, 0.25) is 10.4 Å². The Morgan fingerprint density at radius 1 is 1.27 bits per heavy atom. The van der Waals surface area contributed by atoms with Crippen LogP contribution < -0.4 is 0 Å². The molecule has 0 aromatic carbocycles. The highest BCUT2D eigenvalue weighted by atomic mass is 32.3. The maximum Gasteiger partial charge on any atom is 0.217 e. The van der Waals surface area contributed by atoms with E-state index in [0.717, 1.165) is 6.26 Å². The fourth-order valence-electron chi connectivity index (χ4n) is 0.287. The first-order valence-electron chi connectivity index (χ1n) is 2.49. The van der Waals surface area contributed by atoms with Crippen LogP contribution in [0.25, 0.3) is 0 Å². The Hall–Kier alpha value is -0.180. The van der Waals surface area contributed by atoms with Crippen LogP contribution in [0.2, 0.25) is 0 Å². The van der Waals surface area contributed by atoms with Crippen molar-refractivity contribution in [1.82, 2.24) is 0 Å². The molecule has 0 rings (SSSR count). The van der Waals surface area contributed by atoms with Crippen LogP contribution in [0, 0.1) is 0 Å². The fraction of sp³-hybridized carbons (Fsp3) is 1.00. The number of hydrogen-bond acceptors (Lipinski definition) is 6. The lowest BCUT2D eigenvalue weighted by Gasteiger charge is -2.05. The Balaban J connectivity index is 3.79. The van der Waals surface area contributed by atoms with E-state index in [1.54, 1.807) is 0 Å². The van der Waals surface area contributed by atoms with Gasteiger partial charge in [-0.1, -0.05) is 0 Å². The Morgan fingerprint density at radius 3 is 2.00 bits per heavy atom. The van der Waals surface area contributed by atoms with Gasteiger partial charge in [0.05, 0.1) is 12.4 Å². The lowest BCUT2D eigenvalue weighted by Crippen LogP contribution is -2.13. The van der Waals surface area contributed by atoms with Gasteiger partial charge >= 0.3 is 0 Å². The van der Waals surface area contributed by atoms with Gasteiger partial charge in [0.1, 0.15) is 9.84 Å². The van der Waals surface area contributed by atoms with Gasteiger partial charge in [-0.15, -0.1) is 0 Å². The van der Waals surface area contributed by atoms with Crippen molar-refractivity contribution in [2.75, 3.05) is 18.6 Å². The number of hydrogen-bond donors (Lipinski definition) is 0. The van der Waals surface area contributed by atoms with Gasteiger partial charge in [-0.25, -0.2) is 16.8 Å². The lowest BCUT2D eigenvalue weighted by molar-refractivity contribution is 0.276. The molecule has 0 fully saturated rings. The van der Waals surface area contributed by atoms with E-state index in [-0.39, 0.29) is 0 Å². The molecule has 0 heterocycles. The summed E-state index contributed by atoms with van der Waals surface area (Å²) in [6.07, 6.45) is 0.910. The molecule has 68 valence electrons. The van der Waals surface area contributed by atoms with Crippen LogP contribution in [-0.4, -0.2) is 40.0 Å². The molecule has 11 heavy (non-hydrogen) atoms. The third kappa shape index (κ3) is 9.82. The minimum Gasteiger partial charge on any atom is -0.726 e. The van der Waals surface area contributed by atoms with Crippen LogP contribution in [0.1, 0.15) is 0 Å². The lowest BCUT2D eigenvalue weighted by atomic mass is 10.9. The first kappa shape index (κ1) is 10.8. The molecular formula is C3H7O6S2-. The van der Waals surface area contributed by atoms with Crippen LogP contribution in [0.5, 0.6) is 0 Å². The Morgan fingerprint density at radius 2 is 1.73 bits per heavy atom. The van der Waals surface area contributed by atoms with Crippen molar-refractivity contribution < 1.29 is 25.6 Å². The zero-order valence-electron chi connectivity index (χ0n) is 5.68. The largest absolute Gasteiger partial charge is 0.726 e. The second kappa shape index (κ2) is 3.48. The van der Waals surface area contributed by atoms with Crippen molar-refractivity contribution in [3.8, 4) is 0 Å². The molecule has 0 aliphatic heterocycles. The van der Waals surface area contributed by atoms with Crippen LogP contribution in [0.15, 0.2) is 0 Å². The average molecular weight is 203 g/mol. The van der Waals surface area contributed by atoms with E-state index in [4.69, 9.17) is 0 Å². The summed E-state index contributed by atoms with van der Waals surface area (Å²) in [5, 5.41) is 0. The molecule has 0 N–H and O–H groups in total. The van der Waals surface area contributed by atoms with E-state index in [0.29, 0.717) is 0 Å². The Labute approximate surface area is 65.0 Å². The van der Waals surface area contributed by atoms with Gasteiger partial charge in [0.15, 0.2) is 0 Å².